The van der Waals surface area contributed by atoms with Crippen LogP contribution in [-0.4, -0.2) is 62.9 Å². The molecule has 2 fully saturated rings. The highest BCUT2D eigenvalue weighted by Crippen LogP contribution is 2.41. The third-order valence-electron chi connectivity index (χ3n) is 3.89. The van der Waals surface area contributed by atoms with Gasteiger partial charge in [0.2, 0.25) is 0 Å². The highest BCUT2D eigenvalue weighted by molar-refractivity contribution is 5.82. The van der Waals surface area contributed by atoms with E-state index in [-0.39, 0.29) is 5.97 Å². The Morgan fingerprint density at radius 2 is 2.11 bits per heavy atom. The Labute approximate surface area is 109 Å². The summed E-state index contributed by atoms with van der Waals surface area (Å²) in [4.78, 5) is 14.5. The molecule has 1 heterocycles. The van der Waals surface area contributed by atoms with Gasteiger partial charge in [-0.1, -0.05) is 6.92 Å². The molecular weight excluding hydrogens is 232 g/mol. The predicted octanol–water partition coefficient (Wildman–Crippen LogP) is 0.250. The molecule has 0 radical (unpaired) electrons. The molecule has 0 bridgehead atoms. The van der Waals surface area contributed by atoms with Gasteiger partial charge in [-0.05, 0) is 25.3 Å². The largest absolute Gasteiger partial charge is 0.468 e. The molecule has 1 saturated carbocycles. The minimum Gasteiger partial charge on any atom is -0.468 e. The number of likely N-dealkylation sites (N-methyl/N-ethyl adjacent to an activating group) is 1. The smallest absolute Gasteiger partial charge is 0.327 e. The van der Waals surface area contributed by atoms with E-state index in [4.69, 9.17) is 9.47 Å². The Hall–Kier alpha value is -0.650. The first-order valence-corrected chi connectivity index (χ1v) is 6.86. The summed E-state index contributed by atoms with van der Waals surface area (Å²) in [5.41, 5.74) is -0.513. The van der Waals surface area contributed by atoms with E-state index in [1.807, 2.05) is 6.92 Å². The fourth-order valence-corrected chi connectivity index (χ4v) is 2.82. The molecule has 1 saturated heterocycles. The second-order valence-electron chi connectivity index (χ2n) is 5.16. The first-order chi connectivity index (χ1) is 8.73. The lowest BCUT2D eigenvalue weighted by atomic mass is 9.92. The number of esters is 1. The van der Waals surface area contributed by atoms with Gasteiger partial charge in [-0.2, -0.15) is 0 Å². The molecule has 5 heteroatoms. The molecular formula is C13H24N2O3. The molecule has 0 aromatic rings. The normalized spacial score (nSPS) is 24.6. The Bertz CT molecular complexity index is 288. The first-order valence-electron chi connectivity index (χ1n) is 6.86. The zero-order valence-corrected chi connectivity index (χ0v) is 11.4. The Balaban J connectivity index is 2.08. The van der Waals surface area contributed by atoms with Crippen LogP contribution in [-0.2, 0) is 14.3 Å². The van der Waals surface area contributed by atoms with Gasteiger partial charge in [-0.25, -0.2) is 4.79 Å². The molecule has 2 rings (SSSR count). The number of morpholine rings is 1. The van der Waals surface area contributed by atoms with Crippen molar-refractivity contribution >= 4 is 5.97 Å². The number of ether oxygens (including phenoxy) is 2. The zero-order valence-electron chi connectivity index (χ0n) is 11.4. The van der Waals surface area contributed by atoms with E-state index in [1.165, 1.54) is 7.11 Å². The van der Waals surface area contributed by atoms with E-state index in [0.717, 1.165) is 52.2 Å². The molecule has 0 amide bonds. The molecule has 5 nitrogen and oxygen atoms in total. The third-order valence-corrected chi connectivity index (χ3v) is 3.89. The summed E-state index contributed by atoms with van der Waals surface area (Å²) in [7, 11) is 1.48. The molecule has 104 valence electrons. The fourth-order valence-electron chi connectivity index (χ4n) is 2.82. The van der Waals surface area contributed by atoms with Gasteiger partial charge in [0, 0.05) is 19.6 Å². The number of carbonyl (C=O) groups excluding carboxylic acids is 1. The van der Waals surface area contributed by atoms with Crippen LogP contribution in [0.3, 0.4) is 0 Å². The van der Waals surface area contributed by atoms with Crippen LogP contribution < -0.4 is 5.32 Å². The Morgan fingerprint density at radius 3 is 2.61 bits per heavy atom. The van der Waals surface area contributed by atoms with Crippen molar-refractivity contribution in [3.05, 3.63) is 0 Å². The van der Waals surface area contributed by atoms with E-state index < -0.39 is 5.54 Å². The maximum absolute atomic E-state index is 12.2. The first kappa shape index (κ1) is 13.8. The van der Waals surface area contributed by atoms with Crippen molar-refractivity contribution in [2.45, 2.75) is 25.3 Å². The molecule has 1 atom stereocenters. The maximum Gasteiger partial charge on any atom is 0.327 e. The highest BCUT2D eigenvalue weighted by atomic mass is 16.5. The van der Waals surface area contributed by atoms with Gasteiger partial charge in [0.25, 0.3) is 0 Å². The topological polar surface area (TPSA) is 50.8 Å². The monoisotopic (exact) mass is 256 g/mol. The van der Waals surface area contributed by atoms with Crippen LogP contribution in [0.1, 0.15) is 19.8 Å². The summed E-state index contributed by atoms with van der Waals surface area (Å²) in [6, 6.07) is 0. The minimum absolute atomic E-state index is 0.113. The Kier molecular flexibility index (Phi) is 4.59. The van der Waals surface area contributed by atoms with Crippen molar-refractivity contribution in [1.82, 2.24) is 10.2 Å². The summed E-state index contributed by atoms with van der Waals surface area (Å²) >= 11 is 0. The summed E-state index contributed by atoms with van der Waals surface area (Å²) < 4.78 is 10.4. The average molecular weight is 256 g/mol. The molecule has 1 unspecified atom stereocenters. The summed E-state index contributed by atoms with van der Waals surface area (Å²) in [6.45, 7) is 6.88. The van der Waals surface area contributed by atoms with Gasteiger partial charge in [0.15, 0.2) is 0 Å². The van der Waals surface area contributed by atoms with Gasteiger partial charge in [0.05, 0.1) is 20.3 Å². The van der Waals surface area contributed by atoms with E-state index in [0.29, 0.717) is 5.92 Å². The highest BCUT2D eigenvalue weighted by Gasteiger charge is 2.52. The maximum atomic E-state index is 12.2. The molecule has 2 aliphatic rings. The molecule has 1 N–H and O–H groups in total. The standard InChI is InChI=1S/C13H24N2O3/c1-3-14-13(11-4-5-11,12(16)17-2)10-15-6-8-18-9-7-15/h11,14H,3-10H2,1-2H3. The van der Waals surface area contributed by atoms with Crippen molar-refractivity contribution in [3.8, 4) is 0 Å². The lowest BCUT2D eigenvalue weighted by molar-refractivity contribution is -0.151. The average Bonchev–Trinajstić information content (AvgIpc) is 3.23. The molecule has 1 aliphatic carbocycles. The van der Waals surface area contributed by atoms with Crippen LogP contribution in [0.4, 0.5) is 0 Å². The van der Waals surface area contributed by atoms with Gasteiger partial charge in [-0.15, -0.1) is 0 Å². The van der Waals surface area contributed by atoms with Crippen molar-refractivity contribution in [1.29, 1.82) is 0 Å². The summed E-state index contributed by atoms with van der Waals surface area (Å²) in [6.07, 6.45) is 2.24. The van der Waals surface area contributed by atoms with Crippen LogP contribution in [0.2, 0.25) is 0 Å². The second-order valence-corrected chi connectivity index (χ2v) is 5.16. The number of carbonyl (C=O) groups is 1. The SMILES string of the molecule is CCNC(CN1CCOCC1)(C(=O)OC)C1CC1. The van der Waals surface area contributed by atoms with Crippen molar-refractivity contribution < 1.29 is 14.3 Å². The van der Waals surface area contributed by atoms with E-state index in [1.54, 1.807) is 0 Å². The van der Waals surface area contributed by atoms with Crippen LogP contribution in [0, 0.1) is 5.92 Å². The van der Waals surface area contributed by atoms with E-state index in [2.05, 4.69) is 10.2 Å². The van der Waals surface area contributed by atoms with Crippen LogP contribution in [0.15, 0.2) is 0 Å². The van der Waals surface area contributed by atoms with Crippen molar-refractivity contribution in [3.63, 3.8) is 0 Å². The number of hydrogen-bond donors (Lipinski definition) is 1. The third kappa shape index (κ3) is 2.84. The zero-order chi connectivity index (χ0) is 13.0. The summed E-state index contributed by atoms with van der Waals surface area (Å²) in [5, 5.41) is 3.40. The molecule has 0 aromatic carbocycles. The van der Waals surface area contributed by atoms with Gasteiger partial charge < -0.3 is 14.8 Å². The number of rotatable bonds is 6. The van der Waals surface area contributed by atoms with E-state index >= 15 is 0 Å². The van der Waals surface area contributed by atoms with Crippen molar-refractivity contribution in [2.75, 3.05) is 46.5 Å². The van der Waals surface area contributed by atoms with Crippen molar-refractivity contribution in [2.24, 2.45) is 5.92 Å². The quantitative estimate of drug-likeness (QED) is 0.690. The van der Waals surface area contributed by atoms with Crippen LogP contribution in [0.25, 0.3) is 0 Å². The Morgan fingerprint density at radius 1 is 1.44 bits per heavy atom. The number of nitrogens with one attached hydrogen (secondary N) is 1. The van der Waals surface area contributed by atoms with Crippen LogP contribution in [0.5, 0.6) is 0 Å². The molecule has 18 heavy (non-hydrogen) atoms. The number of hydrogen-bond acceptors (Lipinski definition) is 5. The minimum atomic E-state index is -0.513. The molecule has 0 spiro atoms. The van der Waals surface area contributed by atoms with Gasteiger partial charge in [-0.3, -0.25) is 4.90 Å². The van der Waals surface area contributed by atoms with Gasteiger partial charge >= 0.3 is 5.97 Å². The van der Waals surface area contributed by atoms with Crippen LogP contribution >= 0.6 is 0 Å². The molecule has 0 aromatic heterocycles. The fraction of sp³-hybridized carbons (Fsp3) is 0.923. The lowest BCUT2D eigenvalue weighted by Gasteiger charge is -2.38. The van der Waals surface area contributed by atoms with E-state index in [9.17, 15) is 4.79 Å². The lowest BCUT2D eigenvalue weighted by Crippen LogP contribution is -2.62. The summed E-state index contributed by atoms with van der Waals surface area (Å²) in [5.74, 6) is 0.311. The predicted molar refractivity (Wildman–Crippen MR) is 68.4 cm³/mol. The molecule has 1 aliphatic heterocycles. The number of nitrogens with zero attached hydrogens (tertiary/aromatic N) is 1. The van der Waals surface area contributed by atoms with Gasteiger partial charge in [0.1, 0.15) is 5.54 Å². The second kappa shape index (κ2) is 5.99. The number of methoxy groups -OCH3 is 1.